The van der Waals surface area contributed by atoms with Crippen LogP contribution >= 0.6 is 0 Å². The summed E-state index contributed by atoms with van der Waals surface area (Å²) in [5.41, 5.74) is 4.99. The first-order valence-electron chi connectivity index (χ1n) is 10.4. The lowest BCUT2D eigenvalue weighted by Gasteiger charge is -2.27. The number of hydrogen-bond donors (Lipinski definition) is 1. The topological polar surface area (TPSA) is 43.9 Å². The summed E-state index contributed by atoms with van der Waals surface area (Å²) in [6.45, 7) is 4.11. The van der Waals surface area contributed by atoms with Gasteiger partial charge in [-0.15, -0.1) is 0 Å². The molecule has 0 bridgehead atoms. The van der Waals surface area contributed by atoms with Gasteiger partial charge in [-0.05, 0) is 41.8 Å². The second-order valence-corrected chi connectivity index (χ2v) is 8.06. The molecule has 156 valence electrons. The predicted molar refractivity (Wildman–Crippen MR) is 118 cm³/mol. The summed E-state index contributed by atoms with van der Waals surface area (Å²) in [6.07, 6.45) is 0.780. The van der Waals surface area contributed by atoms with E-state index >= 15 is 0 Å². The Morgan fingerprint density at radius 1 is 1.03 bits per heavy atom. The van der Waals surface area contributed by atoms with Gasteiger partial charge in [0.1, 0.15) is 23.7 Å². The van der Waals surface area contributed by atoms with Crippen LogP contribution in [0.3, 0.4) is 0 Å². The van der Waals surface area contributed by atoms with E-state index in [-0.39, 0.29) is 11.4 Å². The lowest BCUT2D eigenvalue weighted by molar-refractivity contribution is -0.932. The van der Waals surface area contributed by atoms with Crippen molar-refractivity contribution in [3.05, 3.63) is 99.7 Å². The molecule has 0 spiro atoms. The van der Waals surface area contributed by atoms with E-state index in [9.17, 15) is 9.18 Å². The number of aryl methyl sites for hydroxylation is 1. The molecule has 1 aromatic heterocycles. The number of fused-ring (bicyclic) bond motifs is 2. The van der Waals surface area contributed by atoms with Gasteiger partial charge in [0.2, 0.25) is 6.73 Å². The second kappa shape index (κ2) is 8.00. The molecule has 1 aliphatic heterocycles. The van der Waals surface area contributed by atoms with Crippen LogP contribution in [-0.4, -0.2) is 13.3 Å². The molecule has 3 aromatic carbocycles. The third-order valence-corrected chi connectivity index (χ3v) is 5.89. The Bertz CT molecular complexity index is 1310. The van der Waals surface area contributed by atoms with Gasteiger partial charge in [-0.1, -0.05) is 42.5 Å². The van der Waals surface area contributed by atoms with Crippen molar-refractivity contribution in [2.75, 3.05) is 13.3 Å². The van der Waals surface area contributed by atoms with Crippen molar-refractivity contribution >= 4 is 11.0 Å². The average molecular weight is 416 g/mol. The fraction of sp³-hybridized carbons (Fsp3) is 0.192. The molecule has 4 aromatic rings. The van der Waals surface area contributed by atoms with Crippen LogP contribution in [0, 0.1) is 12.7 Å². The van der Waals surface area contributed by atoms with E-state index in [4.69, 9.17) is 9.15 Å². The minimum absolute atomic E-state index is 0.204. The van der Waals surface area contributed by atoms with Crippen molar-refractivity contribution in [1.29, 1.82) is 0 Å². The van der Waals surface area contributed by atoms with Gasteiger partial charge in [0.25, 0.3) is 0 Å². The lowest BCUT2D eigenvalue weighted by atomic mass is 9.97. The Morgan fingerprint density at radius 3 is 2.68 bits per heavy atom. The van der Waals surface area contributed by atoms with E-state index in [1.807, 2.05) is 43.3 Å². The zero-order valence-corrected chi connectivity index (χ0v) is 17.3. The van der Waals surface area contributed by atoms with Crippen LogP contribution in [0.1, 0.15) is 16.7 Å². The quantitative estimate of drug-likeness (QED) is 0.514. The van der Waals surface area contributed by atoms with Gasteiger partial charge in [-0.2, -0.15) is 0 Å². The van der Waals surface area contributed by atoms with Crippen molar-refractivity contribution in [1.82, 2.24) is 0 Å². The third kappa shape index (κ3) is 3.84. The van der Waals surface area contributed by atoms with E-state index in [1.165, 1.54) is 11.0 Å². The maximum absolute atomic E-state index is 13.5. The molecule has 0 saturated heterocycles. The molecular weight excluding hydrogens is 393 g/mol. The third-order valence-electron chi connectivity index (χ3n) is 5.89. The number of quaternary nitrogens is 1. The molecule has 0 fully saturated rings. The Kier molecular flexibility index (Phi) is 5.04. The van der Waals surface area contributed by atoms with Crippen LogP contribution < -0.4 is 15.3 Å². The minimum Gasteiger partial charge on any atom is -0.444 e. The van der Waals surface area contributed by atoms with Gasteiger partial charge in [0.05, 0.1) is 6.54 Å². The largest absolute Gasteiger partial charge is 0.444 e. The molecule has 0 radical (unpaired) electrons. The maximum Gasteiger partial charge on any atom is 0.336 e. The van der Waals surface area contributed by atoms with Crippen molar-refractivity contribution in [3.8, 4) is 16.9 Å². The molecular formula is C26H23FNO3+. The highest BCUT2D eigenvalue weighted by Crippen LogP contribution is 2.36. The first kappa shape index (κ1) is 19.5. The van der Waals surface area contributed by atoms with Gasteiger partial charge in [0, 0.05) is 29.0 Å². The smallest absolute Gasteiger partial charge is 0.336 e. The first-order valence-corrected chi connectivity index (χ1v) is 10.4. The van der Waals surface area contributed by atoms with Crippen LogP contribution in [0.5, 0.6) is 5.75 Å². The molecule has 1 atom stereocenters. The highest BCUT2D eigenvalue weighted by atomic mass is 19.1. The number of benzene rings is 3. The monoisotopic (exact) mass is 416 g/mol. The van der Waals surface area contributed by atoms with Gasteiger partial charge in [0.15, 0.2) is 0 Å². The Labute approximate surface area is 179 Å². The standard InChI is InChI=1S/C26H22FNO3/c1-17-25-20(15-28(16-30-25)11-10-18-6-5-9-21(27)12-18)13-23-22(14-24(29)31-26(17)23)19-7-3-2-4-8-19/h2-9,12-14H,10-11,15-16H2,1H3/p+1. The number of nitrogens with one attached hydrogen (secondary N) is 1. The summed E-state index contributed by atoms with van der Waals surface area (Å²) in [5.74, 6) is 0.597. The van der Waals surface area contributed by atoms with E-state index in [2.05, 4.69) is 6.07 Å². The maximum atomic E-state index is 13.5. The highest BCUT2D eigenvalue weighted by molar-refractivity contribution is 5.96. The van der Waals surface area contributed by atoms with Gasteiger partial charge >= 0.3 is 5.63 Å². The summed E-state index contributed by atoms with van der Waals surface area (Å²) >= 11 is 0. The number of hydrogen-bond acceptors (Lipinski definition) is 3. The number of ether oxygens (including phenoxy) is 1. The number of halogens is 1. The zero-order valence-electron chi connectivity index (χ0n) is 17.3. The highest BCUT2D eigenvalue weighted by Gasteiger charge is 2.25. The Morgan fingerprint density at radius 2 is 1.87 bits per heavy atom. The SMILES string of the molecule is Cc1c2c(cc3c(-c4ccccc4)cc(=O)oc13)C[NH+](CCc1cccc(F)c1)CO2. The molecule has 0 amide bonds. The second-order valence-electron chi connectivity index (χ2n) is 8.06. The van der Waals surface area contributed by atoms with Crippen LogP contribution in [0.25, 0.3) is 22.1 Å². The van der Waals surface area contributed by atoms with Gasteiger partial charge < -0.3 is 9.15 Å². The van der Waals surface area contributed by atoms with Crippen molar-refractivity contribution in [3.63, 3.8) is 0 Å². The number of rotatable bonds is 4. The van der Waals surface area contributed by atoms with Crippen LogP contribution in [0.2, 0.25) is 0 Å². The summed E-state index contributed by atoms with van der Waals surface area (Å²) in [5, 5.41) is 0.914. The van der Waals surface area contributed by atoms with E-state index in [0.717, 1.165) is 58.5 Å². The molecule has 2 heterocycles. The molecule has 1 N–H and O–H groups in total. The normalized spacial score (nSPS) is 15.5. The fourth-order valence-electron chi connectivity index (χ4n) is 4.37. The van der Waals surface area contributed by atoms with E-state index in [0.29, 0.717) is 12.3 Å². The lowest BCUT2D eigenvalue weighted by Crippen LogP contribution is -3.12. The molecule has 1 unspecified atom stereocenters. The van der Waals surface area contributed by atoms with Crippen LogP contribution in [0.15, 0.2) is 75.9 Å². The first-order chi connectivity index (χ1) is 15.1. The van der Waals surface area contributed by atoms with Gasteiger partial charge in [-0.3, -0.25) is 4.90 Å². The van der Waals surface area contributed by atoms with Crippen LogP contribution in [0.4, 0.5) is 4.39 Å². The fourth-order valence-corrected chi connectivity index (χ4v) is 4.37. The molecule has 1 aliphatic rings. The van der Waals surface area contributed by atoms with E-state index < -0.39 is 0 Å². The van der Waals surface area contributed by atoms with Crippen LogP contribution in [-0.2, 0) is 13.0 Å². The summed E-state index contributed by atoms with van der Waals surface area (Å²) in [6, 6.07) is 20.3. The van der Waals surface area contributed by atoms with Gasteiger partial charge in [-0.25, -0.2) is 9.18 Å². The molecule has 31 heavy (non-hydrogen) atoms. The van der Waals surface area contributed by atoms with Crippen molar-refractivity contribution in [2.45, 2.75) is 19.9 Å². The summed E-state index contributed by atoms with van der Waals surface area (Å²) in [4.78, 5) is 13.5. The van der Waals surface area contributed by atoms with E-state index in [1.54, 1.807) is 18.2 Å². The predicted octanol–water partition coefficient (Wildman–Crippen LogP) is 3.89. The Hall–Kier alpha value is -3.44. The molecule has 4 nitrogen and oxygen atoms in total. The molecule has 5 heteroatoms. The molecule has 0 saturated carbocycles. The summed E-state index contributed by atoms with van der Waals surface area (Å²) in [7, 11) is 0. The zero-order chi connectivity index (χ0) is 21.4. The Balaban J connectivity index is 1.50. The molecule has 5 rings (SSSR count). The average Bonchev–Trinajstić information content (AvgIpc) is 2.78. The minimum atomic E-state index is -0.368. The summed E-state index contributed by atoms with van der Waals surface area (Å²) < 4.78 is 25.2. The molecule has 0 aliphatic carbocycles. The van der Waals surface area contributed by atoms with Crippen molar-refractivity contribution in [2.24, 2.45) is 0 Å². The van der Waals surface area contributed by atoms with Crippen molar-refractivity contribution < 1.29 is 18.4 Å².